The predicted molar refractivity (Wildman–Crippen MR) is 98.5 cm³/mol. The molecule has 0 spiro atoms. The normalized spacial score (nSPS) is 11.6. The van der Waals surface area contributed by atoms with E-state index < -0.39 is 0 Å². The van der Waals surface area contributed by atoms with Crippen molar-refractivity contribution in [3.8, 4) is 0 Å². The number of amides is 2. The second-order valence-corrected chi connectivity index (χ2v) is 5.87. The van der Waals surface area contributed by atoms with E-state index in [9.17, 15) is 9.59 Å². The fourth-order valence-corrected chi connectivity index (χ4v) is 2.32. The molecule has 0 heterocycles. The zero-order valence-electron chi connectivity index (χ0n) is 14.4. The van der Waals surface area contributed by atoms with Gasteiger partial charge in [0.25, 0.3) is 5.91 Å². The number of anilines is 2. The largest absolute Gasteiger partial charge is 0.326 e. The maximum atomic E-state index is 12.4. The molecule has 0 saturated carbocycles. The van der Waals surface area contributed by atoms with Crippen molar-refractivity contribution in [2.75, 3.05) is 10.6 Å². The smallest absolute Gasteiger partial charge is 0.255 e. The molecule has 2 rings (SSSR count). The van der Waals surface area contributed by atoms with E-state index in [-0.39, 0.29) is 11.8 Å². The third-order valence-corrected chi connectivity index (χ3v) is 4.08. The summed E-state index contributed by atoms with van der Waals surface area (Å²) in [4.78, 5) is 23.8. The van der Waals surface area contributed by atoms with Crippen molar-refractivity contribution in [3.05, 3.63) is 59.7 Å². The van der Waals surface area contributed by atoms with Crippen LogP contribution in [0.25, 0.3) is 0 Å². The zero-order valence-corrected chi connectivity index (χ0v) is 14.4. The van der Waals surface area contributed by atoms with Gasteiger partial charge in [0.15, 0.2) is 0 Å². The van der Waals surface area contributed by atoms with Gasteiger partial charge in [0.2, 0.25) is 5.91 Å². The summed E-state index contributed by atoms with van der Waals surface area (Å²) in [7, 11) is 0. The lowest BCUT2D eigenvalue weighted by atomic mass is 9.98. The number of hydrogen-bond acceptors (Lipinski definition) is 2. The first-order valence-electron chi connectivity index (χ1n) is 8.34. The Bertz CT molecular complexity index is 708. The average molecular weight is 324 g/mol. The first-order chi connectivity index (χ1) is 11.5. The number of carbonyl (C=O) groups excluding carboxylic acids is 2. The number of nitrogens with one attached hydrogen (secondary N) is 2. The van der Waals surface area contributed by atoms with Gasteiger partial charge in [-0.25, -0.2) is 0 Å². The molecular weight excluding hydrogens is 300 g/mol. The molecule has 0 aliphatic carbocycles. The zero-order chi connectivity index (χ0) is 17.5. The highest BCUT2D eigenvalue weighted by Crippen LogP contribution is 2.21. The molecule has 1 atom stereocenters. The number of benzene rings is 2. The Hall–Kier alpha value is -2.62. The summed E-state index contributed by atoms with van der Waals surface area (Å²) in [6.07, 6.45) is 1.49. The number of carbonyl (C=O) groups is 2. The summed E-state index contributed by atoms with van der Waals surface area (Å²) < 4.78 is 0. The van der Waals surface area contributed by atoms with Gasteiger partial charge >= 0.3 is 0 Å². The molecule has 2 aromatic carbocycles. The maximum Gasteiger partial charge on any atom is 0.255 e. The molecule has 126 valence electrons. The van der Waals surface area contributed by atoms with Gasteiger partial charge < -0.3 is 10.6 Å². The van der Waals surface area contributed by atoms with E-state index in [0.717, 1.165) is 12.1 Å². The van der Waals surface area contributed by atoms with Crippen LogP contribution in [-0.4, -0.2) is 11.8 Å². The van der Waals surface area contributed by atoms with Crippen molar-refractivity contribution in [2.45, 2.75) is 39.5 Å². The summed E-state index contributed by atoms with van der Waals surface area (Å²) >= 11 is 0. The number of hydrogen-bond donors (Lipinski definition) is 2. The molecule has 4 nitrogen and oxygen atoms in total. The Kier molecular flexibility index (Phi) is 6.13. The molecule has 0 aliphatic heterocycles. The highest BCUT2D eigenvalue weighted by atomic mass is 16.2. The highest BCUT2D eigenvalue weighted by Gasteiger charge is 2.09. The molecule has 0 fully saturated rings. The van der Waals surface area contributed by atoms with Crippen LogP contribution >= 0.6 is 0 Å². The van der Waals surface area contributed by atoms with Crippen LogP contribution in [0.1, 0.15) is 55.5 Å². The first kappa shape index (κ1) is 17.7. The van der Waals surface area contributed by atoms with E-state index in [4.69, 9.17) is 0 Å². The van der Waals surface area contributed by atoms with Gasteiger partial charge in [-0.1, -0.05) is 39.0 Å². The minimum Gasteiger partial charge on any atom is -0.326 e. The molecule has 2 N–H and O–H groups in total. The van der Waals surface area contributed by atoms with Crippen LogP contribution in [0.5, 0.6) is 0 Å². The van der Waals surface area contributed by atoms with E-state index in [2.05, 4.69) is 24.5 Å². The molecule has 0 radical (unpaired) electrons. The minimum atomic E-state index is -0.195. The molecule has 2 aromatic rings. The Labute approximate surface area is 143 Å². The third kappa shape index (κ3) is 4.69. The van der Waals surface area contributed by atoms with Crippen LogP contribution in [-0.2, 0) is 4.79 Å². The summed E-state index contributed by atoms with van der Waals surface area (Å²) in [5.41, 5.74) is 3.16. The second kappa shape index (κ2) is 8.29. The van der Waals surface area contributed by atoms with E-state index in [0.29, 0.717) is 23.6 Å². The minimum absolute atomic E-state index is 0.0757. The molecule has 0 bridgehead atoms. The molecule has 24 heavy (non-hydrogen) atoms. The average Bonchev–Trinajstić information content (AvgIpc) is 2.61. The van der Waals surface area contributed by atoms with Crippen LogP contribution < -0.4 is 10.6 Å². The van der Waals surface area contributed by atoms with E-state index >= 15 is 0 Å². The molecule has 0 aromatic heterocycles. The van der Waals surface area contributed by atoms with Gasteiger partial charge in [0.05, 0.1) is 0 Å². The quantitative estimate of drug-likeness (QED) is 0.802. The van der Waals surface area contributed by atoms with Crippen LogP contribution in [0.3, 0.4) is 0 Å². The lowest BCUT2D eigenvalue weighted by molar-refractivity contribution is -0.115. The van der Waals surface area contributed by atoms with E-state index in [1.165, 1.54) is 5.56 Å². The Balaban J connectivity index is 2.06. The van der Waals surface area contributed by atoms with Gasteiger partial charge in [0.1, 0.15) is 0 Å². The molecular formula is C20H24N2O2. The Morgan fingerprint density at radius 2 is 1.67 bits per heavy atom. The van der Waals surface area contributed by atoms with Crippen molar-refractivity contribution >= 4 is 23.2 Å². The Morgan fingerprint density at radius 3 is 2.29 bits per heavy atom. The lowest BCUT2D eigenvalue weighted by Crippen LogP contribution is -2.14. The van der Waals surface area contributed by atoms with Gasteiger partial charge in [-0.05, 0) is 48.2 Å². The highest BCUT2D eigenvalue weighted by molar-refractivity contribution is 6.05. The summed E-state index contributed by atoms with van der Waals surface area (Å²) in [6.45, 7) is 6.13. The van der Waals surface area contributed by atoms with Crippen molar-refractivity contribution in [2.24, 2.45) is 0 Å². The van der Waals surface area contributed by atoms with Crippen molar-refractivity contribution in [1.29, 1.82) is 0 Å². The fourth-order valence-electron chi connectivity index (χ4n) is 2.32. The Morgan fingerprint density at radius 1 is 0.958 bits per heavy atom. The van der Waals surface area contributed by atoms with Crippen LogP contribution in [0.4, 0.5) is 11.4 Å². The lowest BCUT2D eigenvalue weighted by Gasteiger charge is -2.11. The molecule has 0 aliphatic rings. The van der Waals surface area contributed by atoms with Crippen molar-refractivity contribution in [3.63, 3.8) is 0 Å². The summed E-state index contributed by atoms with van der Waals surface area (Å²) in [5, 5.41) is 5.64. The second-order valence-electron chi connectivity index (χ2n) is 5.87. The summed E-state index contributed by atoms with van der Waals surface area (Å²) in [5.74, 6) is 0.237. The molecule has 4 heteroatoms. The van der Waals surface area contributed by atoms with Gasteiger partial charge in [-0.3, -0.25) is 9.59 Å². The number of rotatable bonds is 6. The van der Waals surface area contributed by atoms with Gasteiger partial charge in [-0.2, -0.15) is 0 Å². The predicted octanol–water partition coefficient (Wildman–Crippen LogP) is 4.80. The van der Waals surface area contributed by atoms with Gasteiger partial charge in [0, 0.05) is 23.4 Å². The van der Waals surface area contributed by atoms with E-state index in [1.807, 2.05) is 24.3 Å². The van der Waals surface area contributed by atoms with Crippen molar-refractivity contribution in [1.82, 2.24) is 0 Å². The van der Waals surface area contributed by atoms with Crippen LogP contribution in [0.2, 0.25) is 0 Å². The standard InChI is InChI=1S/C20H24N2O2/c1-4-14(3)15-9-11-17(12-10-15)22-20(24)16-7-6-8-18(13-16)21-19(23)5-2/h6-14H,4-5H2,1-3H3,(H,21,23)(H,22,24). The maximum absolute atomic E-state index is 12.4. The first-order valence-corrected chi connectivity index (χ1v) is 8.34. The monoisotopic (exact) mass is 324 g/mol. The molecule has 0 saturated heterocycles. The van der Waals surface area contributed by atoms with Crippen LogP contribution in [0.15, 0.2) is 48.5 Å². The van der Waals surface area contributed by atoms with E-state index in [1.54, 1.807) is 31.2 Å². The summed E-state index contributed by atoms with van der Waals surface area (Å²) in [6, 6.07) is 14.9. The molecule has 1 unspecified atom stereocenters. The molecule has 2 amide bonds. The van der Waals surface area contributed by atoms with Gasteiger partial charge in [-0.15, -0.1) is 0 Å². The van der Waals surface area contributed by atoms with Crippen LogP contribution in [0, 0.1) is 0 Å². The van der Waals surface area contributed by atoms with Crippen molar-refractivity contribution < 1.29 is 9.59 Å². The fraction of sp³-hybridized carbons (Fsp3) is 0.300. The SMILES string of the molecule is CCC(=O)Nc1cccc(C(=O)Nc2ccc(C(C)CC)cc2)c1. The topological polar surface area (TPSA) is 58.2 Å². The third-order valence-electron chi connectivity index (χ3n) is 4.08.